The van der Waals surface area contributed by atoms with Crippen LogP contribution in [0.4, 0.5) is 0 Å². The predicted molar refractivity (Wildman–Crippen MR) is 90.0 cm³/mol. The van der Waals surface area contributed by atoms with Crippen LogP contribution in [0.3, 0.4) is 0 Å². The van der Waals surface area contributed by atoms with Crippen molar-refractivity contribution in [3.63, 3.8) is 0 Å². The summed E-state index contributed by atoms with van der Waals surface area (Å²) in [6.07, 6.45) is 6.46. The maximum Gasteiger partial charge on any atom is 0.123 e. The Morgan fingerprint density at radius 1 is 1.24 bits per heavy atom. The van der Waals surface area contributed by atoms with Gasteiger partial charge in [-0.25, -0.2) is 0 Å². The molecule has 0 radical (unpaired) electrons. The van der Waals surface area contributed by atoms with E-state index >= 15 is 0 Å². The topological polar surface area (TPSA) is 21.3 Å². The second kappa shape index (κ2) is 7.84. The lowest BCUT2D eigenvalue weighted by Gasteiger charge is -2.36. The van der Waals surface area contributed by atoms with Crippen LogP contribution in [-0.4, -0.2) is 19.2 Å². The smallest absolute Gasteiger partial charge is 0.123 e. The number of ether oxygens (including phenoxy) is 1. The van der Waals surface area contributed by atoms with Crippen molar-refractivity contribution in [1.82, 2.24) is 5.32 Å². The first-order valence-corrected chi connectivity index (χ1v) is 8.62. The maximum atomic E-state index is 6.48. The molecule has 0 aromatic heterocycles. The number of benzene rings is 1. The van der Waals surface area contributed by atoms with Gasteiger partial charge in [-0.15, -0.1) is 0 Å². The highest BCUT2D eigenvalue weighted by Crippen LogP contribution is 2.34. The molecular weight excluding hydrogens is 258 g/mol. The zero-order valence-electron chi connectivity index (χ0n) is 14.1. The van der Waals surface area contributed by atoms with Gasteiger partial charge >= 0.3 is 0 Å². The molecule has 2 heteroatoms. The van der Waals surface area contributed by atoms with E-state index < -0.39 is 0 Å². The molecule has 4 unspecified atom stereocenters. The number of nitrogens with one attached hydrogen (secondary N) is 1. The Morgan fingerprint density at radius 3 is 2.67 bits per heavy atom. The summed E-state index contributed by atoms with van der Waals surface area (Å²) in [6.45, 7) is 6.83. The number of para-hydroxylation sites is 1. The average molecular weight is 289 g/mol. The van der Waals surface area contributed by atoms with E-state index in [0.29, 0.717) is 18.1 Å². The molecule has 1 N–H and O–H groups in total. The van der Waals surface area contributed by atoms with Gasteiger partial charge in [-0.05, 0) is 56.2 Å². The lowest BCUT2D eigenvalue weighted by Crippen LogP contribution is -2.45. The molecule has 2 rings (SSSR count). The van der Waals surface area contributed by atoms with E-state index in [4.69, 9.17) is 4.74 Å². The molecule has 0 heterocycles. The Morgan fingerprint density at radius 2 is 2.00 bits per heavy atom. The minimum atomic E-state index is 0.305. The first-order valence-electron chi connectivity index (χ1n) is 8.62. The van der Waals surface area contributed by atoms with Gasteiger partial charge < -0.3 is 10.1 Å². The van der Waals surface area contributed by atoms with Crippen LogP contribution in [-0.2, 0) is 0 Å². The molecule has 4 atom stereocenters. The monoisotopic (exact) mass is 289 g/mol. The highest BCUT2D eigenvalue weighted by molar-refractivity contribution is 5.36. The Labute approximate surface area is 130 Å². The number of hydrogen-bond donors (Lipinski definition) is 1. The van der Waals surface area contributed by atoms with Gasteiger partial charge in [0, 0.05) is 6.04 Å². The minimum Gasteiger partial charge on any atom is -0.489 e. The van der Waals surface area contributed by atoms with Crippen molar-refractivity contribution >= 4 is 0 Å². The standard InChI is InChI=1S/C19H31NO/c1-5-14(3)16-9-7-8-10-18(16)21-19-13-15(6-2)11-12-17(19)20-4/h7-10,14-15,17,19-20H,5-6,11-13H2,1-4H3. The average Bonchev–Trinajstić information content (AvgIpc) is 2.54. The van der Waals surface area contributed by atoms with Crippen molar-refractivity contribution in [2.45, 2.75) is 70.9 Å². The molecule has 1 fully saturated rings. The lowest BCUT2D eigenvalue weighted by molar-refractivity contribution is 0.0871. The molecule has 1 saturated carbocycles. The number of hydrogen-bond acceptors (Lipinski definition) is 2. The normalized spacial score (nSPS) is 27.3. The molecule has 1 aromatic carbocycles. The molecular formula is C19H31NO. The summed E-state index contributed by atoms with van der Waals surface area (Å²) < 4.78 is 6.48. The number of rotatable bonds is 6. The molecule has 1 aliphatic rings. The SMILES string of the molecule is CCC1CCC(NC)C(Oc2ccccc2C(C)CC)C1. The van der Waals surface area contributed by atoms with Gasteiger partial charge in [-0.1, -0.05) is 45.4 Å². The first-order chi connectivity index (χ1) is 10.2. The second-order valence-electron chi connectivity index (χ2n) is 6.49. The van der Waals surface area contributed by atoms with Crippen LogP contribution in [0.25, 0.3) is 0 Å². The first kappa shape index (κ1) is 16.4. The highest BCUT2D eigenvalue weighted by atomic mass is 16.5. The molecule has 118 valence electrons. The zero-order chi connectivity index (χ0) is 15.2. The molecule has 0 spiro atoms. The van der Waals surface area contributed by atoms with E-state index in [1.807, 2.05) is 0 Å². The fourth-order valence-corrected chi connectivity index (χ4v) is 3.42. The van der Waals surface area contributed by atoms with Gasteiger partial charge in [0.1, 0.15) is 11.9 Å². The van der Waals surface area contributed by atoms with Gasteiger partial charge in [0.15, 0.2) is 0 Å². The molecule has 2 nitrogen and oxygen atoms in total. The maximum absolute atomic E-state index is 6.48. The minimum absolute atomic E-state index is 0.305. The lowest BCUT2D eigenvalue weighted by atomic mass is 9.82. The predicted octanol–water partition coefficient (Wildman–Crippen LogP) is 4.75. The summed E-state index contributed by atoms with van der Waals surface area (Å²) in [5.41, 5.74) is 1.36. The molecule has 1 aliphatic carbocycles. The molecule has 0 aliphatic heterocycles. The van der Waals surface area contributed by atoms with Crippen molar-refractivity contribution in [2.24, 2.45) is 5.92 Å². The van der Waals surface area contributed by atoms with E-state index in [9.17, 15) is 0 Å². The van der Waals surface area contributed by atoms with Crippen LogP contribution >= 0.6 is 0 Å². The fourth-order valence-electron chi connectivity index (χ4n) is 3.42. The molecule has 0 amide bonds. The zero-order valence-corrected chi connectivity index (χ0v) is 14.1. The molecule has 1 aromatic rings. The third-order valence-corrected chi connectivity index (χ3v) is 5.19. The summed E-state index contributed by atoms with van der Waals surface area (Å²) in [7, 11) is 2.06. The van der Waals surface area contributed by atoms with Gasteiger partial charge in [-0.2, -0.15) is 0 Å². The summed E-state index contributed by atoms with van der Waals surface area (Å²) in [6, 6.07) is 9.06. The third-order valence-electron chi connectivity index (χ3n) is 5.19. The van der Waals surface area contributed by atoms with Crippen LogP contribution in [0.5, 0.6) is 5.75 Å². The summed E-state index contributed by atoms with van der Waals surface area (Å²) >= 11 is 0. The van der Waals surface area contributed by atoms with Crippen LogP contribution in [0.1, 0.15) is 64.4 Å². The fraction of sp³-hybridized carbons (Fsp3) is 0.684. The van der Waals surface area contributed by atoms with Crippen LogP contribution in [0.15, 0.2) is 24.3 Å². The van der Waals surface area contributed by atoms with Gasteiger partial charge in [0.2, 0.25) is 0 Å². The van der Waals surface area contributed by atoms with E-state index in [1.165, 1.54) is 31.2 Å². The van der Waals surface area contributed by atoms with E-state index in [1.54, 1.807) is 0 Å². The van der Waals surface area contributed by atoms with Gasteiger partial charge in [-0.3, -0.25) is 0 Å². The van der Waals surface area contributed by atoms with Crippen molar-refractivity contribution < 1.29 is 4.74 Å². The summed E-state index contributed by atoms with van der Waals surface area (Å²) in [4.78, 5) is 0. The van der Waals surface area contributed by atoms with Gasteiger partial charge in [0.25, 0.3) is 0 Å². The van der Waals surface area contributed by atoms with Crippen LogP contribution in [0.2, 0.25) is 0 Å². The van der Waals surface area contributed by atoms with E-state index in [-0.39, 0.29) is 0 Å². The van der Waals surface area contributed by atoms with Crippen molar-refractivity contribution in [3.8, 4) is 5.75 Å². The molecule has 0 bridgehead atoms. The summed E-state index contributed by atoms with van der Waals surface area (Å²) in [5, 5.41) is 3.46. The Bertz CT molecular complexity index is 431. The van der Waals surface area contributed by atoms with Crippen LogP contribution < -0.4 is 10.1 Å². The van der Waals surface area contributed by atoms with Crippen molar-refractivity contribution in [1.29, 1.82) is 0 Å². The molecule has 0 saturated heterocycles. The van der Waals surface area contributed by atoms with Gasteiger partial charge in [0.05, 0.1) is 0 Å². The largest absolute Gasteiger partial charge is 0.489 e. The number of likely N-dealkylation sites (N-methyl/N-ethyl adjacent to an activating group) is 1. The third kappa shape index (κ3) is 4.00. The van der Waals surface area contributed by atoms with E-state index in [0.717, 1.165) is 18.1 Å². The van der Waals surface area contributed by atoms with Crippen LogP contribution in [0, 0.1) is 5.92 Å². The molecule has 21 heavy (non-hydrogen) atoms. The van der Waals surface area contributed by atoms with Crippen molar-refractivity contribution in [2.75, 3.05) is 7.05 Å². The second-order valence-corrected chi connectivity index (χ2v) is 6.49. The summed E-state index contributed by atoms with van der Waals surface area (Å²) in [5.74, 6) is 2.46. The van der Waals surface area contributed by atoms with E-state index in [2.05, 4.69) is 57.4 Å². The highest BCUT2D eigenvalue weighted by Gasteiger charge is 2.30. The Hall–Kier alpha value is -1.02. The Kier molecular flexibility index (Phi) is 6.10. The van der Waals surface area contributed by atoms with Crippen molar-refractivity contribution in [3.05, 3.63) is 29.8 Å². The Balaban J connectivity index is 2.15. The quantitative estimate of drug-likeness (QED) is 0.816.